The predicted molar refractivity (Wildman–Crippen MR) is 44.9 cm³/mol. The average Bonchev–Trinajstić information content (AvgIpc) is 2.89. The lowest BCUT2D eigenvalue weighted by Crippen LogP contribution is -2.37. The van der Waals surface area contributed by atoms with Crippen molar-refractivity contribution in [2.75, 3.05) is 6.61 Å². The van der Waals surface area contributed by atoms with Gasteiger partial charge in [-0.2, -0.15) is 0 Å². The van der Waals surface area contributed by atoms with Gasteiger partial charge in [0.25, 0.3) is 5.91 Å². The summed E-state index contributed by atoms with van der Waals surface area (Å²) in [6, 6.07) is 3.51. The van der Waals surface area contributed by atoms with Crippen LogP contribution >= 0.6 is 0 Å². The molecule has 0 bridgehead atoms. The highest BCUT2D eigenvalue weighted by atomic mass is 16.6. The van der Waals surface area contributed by atoms with Gasteiger partial charge in [-0.25, -0.2) is 4.57 Å². The van der Waals surface area contributed by atoms with E-state index in [0.717, 1.165) is 13.2 Å². The Morgan fingerprint density at radius 3 is 3.15 bits per heavy atom. The van der Waals surface area contributed by atoms with E-state index in [9.17, 15) is 4.79 Å². The van der Waals surface area contributed by atoms with Crippen molar-refractivity contribution in [3.8, 4) is 0 Å². The van der Waals surface area contributed by atoms with Crippen molar-refractivity contribution in [2.45, 2.75) is 12.6 Å². The summed E-state index contributed by atoms with van der Waals surface area (Å²) in [5.74, 6) is -0.397. The molecule has 0 aliphatic carbocycles. The zero-order valence-corrected chi connectivity index (χ0v) is 7.14. The zero-order chi connectivity index (χ0) is 9.26. The molecule has 2 N–H and O–H groups in total. The van der Waals surface area contributed by atoms with E-state index in [-0.39, 0.29) is 0 Å². The van der Waals surface area contributed by atoms with Gasteiger partial charge < -0.3 is 10.5 Å². The van der Waals surface area contributed by atoms with Gasteiger partial charge in [0.05, 0.1) is 6.61 Å². The molecule has 4 heteroatoms. The monoisotopic (exact) mass is 179 g/mol. The minimum Gasteiger partial charge on any atom is -0.366 e. The Balaban J connectivity index is 2.15. The number of aromatic nitrogens is 1. The van der Waals surface area contributed by atoms with E-state index >= 15 is 0 Å². The van der Waals surface area contributed by atoms with E-state index in [1.807, 2.05) is 16.8 Å². The first-order chi connectivity index (χ1) is 6.25. The van der Waals surface area contributed by atoms with Crippen molar-refractivity contribution in [2.24, 2.45) is 5.73 Å². The van der Waals surface area contributed by atoms with E-state index in [1.165, 1.54) is 0 Å². The van der Waals surface area contributed by atoms with Gasteiger partial charge in [0, 0.05) is 6.07 Å². The largest absolute Gasteiger partial charge is 0.366 e. The predicted octanol–water partition coefficient (Wildman–Crippen LogP) is -0.528. The summed E-state index contributed by atoms with van der Waals surface area (Å²) >= 11 is 0. The van der Waals surface area contributed by atoms with E-state index in [4.69, 9.17) is 10.5 Å². The van der Waals surface area contributed by atoms with Crippen LogP contribution in [0.25, 0.3) is 0 Å². The minimum atomic E-state index is -0.397. The van der Waals surface area contributed by atoms with Crippen molar-refractivity contribution < 1.29 is 14.1 Å². The molecule has 0 saturated carbocycles. The van der Waals surface area contributed by atoms with Gasteiger partial charge in [0.2, 0.25) is 0 Å². The van der Waals surface area contributed by atoms with E-state index in [1.54, 1.807) is 12.3 Å². The van der Waals surface area contributed by atoms with Crippen LogP contribution in [0.2, 0.25) is 0 Å². The molecule has 68 valence electrons. The second-order valence-electron chi connectivity index (χ2n) is 3.11. The third kappa shape index (κ3) is 2.03. The summed E-state index contributed by atoms with van der Waals surface area (Å²) in [5, 5.41) is 0. The second kappa shape index (κ2) is 3.14. The Morgan fingerprint density at radius 2 is 2.54 bits per heavy atom. The van der Waals surface area contributed by atoms with Gasteiger partial charge >= 0.3 is 0 Å². The lowest BCUT2D eigenvalue weighted by molar-refractivity contribution is -0.698. The molecule has 1 aliphatic heterocycles. The third-order valence-corrected chi connectivity index (χ3v) is 1.96. The van der Waals surface area contributed by atoms with E-state index in [0.29, 0.717) is 11.7 Å². The lowest BCUT2D eigenvalue weighted by Gasteiger charge is -1.94. The number of hydrogen-bond acceptors (Lipinski definition) is 2. The summed E-state index contributed by atoms with van der Waals surface area (Å²) < 4.78 is 6.99. The number of carbonyl (C=O) groups is 1. The summed E-state index contributed by atoms with van der Waals surface area (Å²) in [6.45, 7) is 1.61. The fourth-order valence-corrected chi connectivity index (χ4v) is 1.19. The summed E-state index contributed by atoms with van der Waals surface area (Å²) in [4.78, 5) is 10.8. The number of epoxide rings is 1. The Hall–Kier alpha value is -1.42. The summed E-state index contributed by atoms with van der Waals surface area (Å²) in [7, 11) is 0. The van der Waals surface area contributed by atoms with Crippen molar-refractivity contribution in [1.82, 2.24) is 0 Å². The SMILES string of the molecule is NC(=O)c1ccc[n+](CC2CO2)c1. The standard InChI is InChI=1S/C9H10N2O2/c10-9(12)7-2-1-3-11(4-7)5-8-6-13-8/h1-4,8H,5-6H2,(H-,10,12)/p+1. The first-order valence-electron chi connectivity index (χ1n) is 4.16. The van der Waals surface area contributed by atoms with Gasteiger partial charge in [-0.1, -0.05) is 0 Å². The molecule has 0 radical (unpaired) electrons. The average molecular weight is 179 g/mol. The van der Waals surface area contributed by atoms with Crippen LogP contribution in [0.5, 0.6) is 0 Å². The molecule has 1 amide bonds. The van der Waals surface area contributed by atoms with Crippen LogP contribution in [0.15, 0.2) is 24.5 Å². The molecule has 1 aromatic rings. The van der Waals surface area contributed by atoms with E-state index in [2.05, 4.69) is 0 Å². The molecule has 1 atom stereocenters. The molecule has 2 rings (SSSR count). The molecule has 0 spiro atoms. The molecular formula is C9H11N2O2+. The maximum atomic E-state index is 10.8. The molecule has 13 heavy (non-hydrogen) atoms. The molecule has 1 saturated heterocycles. The first kappa shape index (κ1) is 8.19. The lowest BCUT2D eigenvalue weighted by atomic mass is 10.2. The highest BCUT2D eigenvalue weighted by molar-refractivity contribution is 5.92. The molecule has 1 aliphatic rings. The van der Waals surface area contributed by atoms with Crippen molar-refractivity contribution in [1.29, 1.82) is 0 Å². The molecular weight excluding hydrogens is 168 g/mol. The number of nitrogens with zero attached hydrogens (tertiary/aromatic N) is 1. The molecule has 1 fully saturated rings. The number of ether oxygens (including phenoxy) is 1. The van der Waals surface area contributed by atoms with Crippen LogP contribution in [0.4, 0.5) is 0 Å². The maximum Gasteiger partial charge on any atom is 0.254 e. The first-order valence-corrected chi connectivity index (χ1v) is 4.16. The van der Waals surface area contributed by atoms with Crippen molar-refractivity contribution in [3.63, 3.8) is 0 Å². The summed E-state index contributed by atoms with van der Waals surface area (Å²) in [6.07, 6.45) is 3.95. The number of nitrogens with two attached hydrogens (primary N) is 1. The number of carbonyl (C=O) groups excluding carboxylic acids is 1. The Labute approximate surface area is 75.9 Å². The fraction of sp³-hybridized carbons (Fsp3) is 0.333. The van der Waals surface area contributed by atoms with Gasteiger partial charge in [0.15, 0.2) is 18.9 Å². The normalized spacial score (nSPS) is 19.8. The number of primary amides is 1. The van der Waals surface area contributed by atoms with Gasteiger partial charge in [-0.05, 0) is 6.07 Å². The van der Waals surface area contributed by atoms with E-state index < -0.39 is 5.91 Å². The maximum absolute atomic E-state index is 10.8. The third-order valence-electron chi connectivity index (χ3n) is 1.96. The topological polar surface area (TPSA) is 59.5 Å². The van der Waals surface area contributed by atoms with Crippen LogP contribution in [0, 0.1) is 0 Å². The van der Waals surface area contributed by atoms with Crippen LogP contribution in [0.3, 0.4) is 0 Å². The molecule has 1 unspecified atom stereocenters. The van der Waals surface area contributed by atoms with Crippen molar-refractivity contribution in [3.05, 3.63) is 30.1 Å². The van der Waals surface area contributed by atoms with Gasteiger partial charge in [-0.15, -0.1) is 0 Å². The fourth-order valence-electron chi connectivity index (χ4n) is 1.19. The highest BCUT2D eigenvalue weighted by Crippen LogP contribution is 2.07. The number of rotatable bonds is 3. The molecule has 4 nitrogen and oxygen atoms in total. The number of amides is 1. The van der Waals surface area contributed by atoms with Gasteiger partial charge in [0.1, 0.15) is 11.7 Å². The number of pyridine rings is 1. The Kier molecular flexibility index (Phi) is 1.98. The zero-order valence-electron chi connectivity index (χ0n) is 7.14. The Bertz CT molecular complexity index is 334. The smallest absolute Gasteiger partial charge is 0.254 e. The van der Waals surface area contributed by atoms with Gasteiger partial charge in [-0.3, -0.25) is 4.79 Å². The van der Waals surface area contributed by atoms with Crippen LogP contribution < -0.4 is 10.3 Å². The molecule has 2 heterocycles. The highest BCUT2D eigenvalue weighted by Gasteiger charge is 2.27. The minimum absolute atomic E-state index is 0.313. The van der Waals surface area contributed by atoms with Crippen LogP contribution in [-0.2, 0) is 11.3 Å². The number of hydrogen-bond donors (Lipinski definition) is 1. The quantitative estimate of drug-likeness (QED) is 0.501. The molecule has 1 aromatic heterocycles. The summed E-state index contributed by atoms with van der Waals surface area (Å²) in [5.41, 5.74) is 5.68. The van der Waals surface area contributed by atoms with Crippen molar-refractivity contribution >= 4 is 5.91 Å². The molecule has 0 aromatic carbocycles. The van der Waals surface area contributed by atoms with Crippen LogP contribution in [-0.4, -0.2) is 18.6 Å². The van der Waals surface area contributed by atoms with Crippen LogP contribution in [0.1, 0.15) is 10.4 Å². The Morgan fingerprint density at radius 1 is 1.77 bits per heavy atom. The second-order valence-corrected chi connectivity index (χ2v) is 3.11.